The van der Waals surface area contributed by atoms with Crippen LogP contribution in [0.2, 0.25) is 0 Å². The van der Waals surface area contributed by atoms with Crippen molar-refractivity contribution < 1.29 is 0 Å². The lowest BCUT2D eigenvalue weighted by molar-refractivity contribution is 0.653. The minimum Gasteiger partial charge on any atom is -0.233 e. The second-order valence-corrected chi connectivity index (χ2v) is 12.5. The van der Waals surface area contributed by atoms with Crippen LogP contribution in [0.3, 0.4) is 0 Å². The average molecular weight is 593 g/mol. The van der Waals surface area contributed by atoms with E-state index in [4.69, 9.17) is 9.98 Å². The van der Waals surface area contributed by atoms with E-state index >= 15 is 0 Å². The molecule has 222 valence electrons. The maximum atomic E-state index is 5.32. The van der Waals surface area contributed by atoms with Crippen LogP contribution in [-0.4, -0.2) is 11.5 Å². The van der Waals surface area contributed by atoms with E-state index in [0.29, 0.717) is 23.4 Å². The number of fused-ring (bicyclic) bond motifs is 5. The molecule has 4 aliphatic carbocycles. The fourth-order valence-corrected chi connectivity index (χ4v) is 7.22. The van der Waals surface area contributed by atoms with Crippen LogP contribution in [0.1, 0.15) is 42.0 Å². The molecule has 2 atom stereocenters. The van der Waals surface area contributed by atoms with E-state index in [1.807, 2.05) is 0 Å². The van der Waals surface area contributed by atoms with Crippen molar-refractivity contribution in [3.63, 3.8) is 0 Å². The molecular weight excluding hydrogens is 556 g/mol. The Kier molecular flexibility index (Phi) is 7.27. The summed E-state index contributed by atoms with van der Waals surface area (Å²) >= 11 is 0. The molecule has 4 aliphatic rings. The Morgan fingerprint density at radius 1 is 0.696 bits per heavy atom. The highest BCUT2D eigenvalue weighted by Crippen LogP contribution is 2.40. The van der Waals surface area contributed by atoms with Crippen LogP contribution in [0, 0.1) is 11.8 Å². The lowest BCUT2D eigenvalue weighted by Crippen LogP contribution is -2.16. The minimum absolute atomic E-state index is 0.306. The quantitative estimate of drug-likeness (QED) is 0.143. The van der Waals surface area contributed by atoms with Crippen LogP contribution in [0.4, 0.5) is 0 Å². The molecule has 0 heterocycles. The van der Waals surface area contributed by atoms with Crippen molar-refractivity contribution in [2.45, 2.75) is 26.2 Å². The third-order valence-electron chi connectivity index (χ3n) is 9.60. The topological polar surface area (TPSA) is 24.7 Å². The Hall–Kier alpha value is -5.34. The molecule has 0 aromatic heterocycles. The molecular formula is C44H36N2. The molecule has 4 aromatic carbocycles. The first-order valence-electron chi connectivity index (χ1n) is 16.3. The average Bonchev–Trinajstić information content (AvgIpc) is 3.50. The highest BCUT2D eigenvalue weighted by molar-refractivity contribution is 6.16. The summed E-state index contributed by atoms with van der Waals surface area (Å²) in [4.78, 5) is 10.6. The van der Waals surface area contributed by atoms with Crippen LogP contribution in [0.25, 0.3) is 27.6 Å². The molecule has 4 aromatic rings. The molecule has 2 nitrogen and oxygen atoms in total. The normalized spacial score (nSPS) is 20.1. The second-order valence-electron chi connectivity index (χ2n) is 12.5. The van der Waals surface area contributed by atoms with Crippen molar-refractivity contribution in [1.29, 1.82) is 0 Å². The first-order chi connectivity index (χ1) is 22.6. The molecule has 0 fully saturated rings. The summed E-state index contributed by atoms with van der Waals surface area (Å²) in [5.74, 6) is 1.35. The molecule has 0 spiro atoms. The third kappa shape index (κ3) is 5.20. The Labute approximate surface area is 271 Å². The molecule has 0 radical (unpaired) electrons. The molecule has 8 rings (SSSR count). The fraction of sp³-hybridized carbons (Fsp3) is 0.136. The smallest absolute Gasteiger partial charge is 0.160 e. The van der Waals surface area contributed by atoms with Gasteiger partial charge in [0.2, 0.25) is 0 Å². The van der Waals surface area contributed by atoms with Gasteiger partial charge in [-0.3, -0.25) is 0 Å². The summed E-state index contributed by atoms with van der Waals surface area (Å²) < 4.78 is 0. The zero-order valence-electron chi connectivity index (χ0n) is 26.2. The summed E-state index contributed by atoms with van der Waals surface area (Å²) in [6.45, 7) is 6.59. The Morgan fingerprint density at radius 2 is 1.46 bits per heavy atom. The number of rotatable bonds is 5. The molecule has 0 N–H and O–H groups in total. The number of aliphatic imine (C=N–C) groups is 2. The molecule has 0 bridgehead atoms. The van der Waals surface area contributed by atoms with Crippen molar-refractivity contribution in [2.24, 2.45) is 21.8 Å². The monoisotopic (exact) mass is 592 g/mol. The van der Waals surface area contributed by atoms with Gasteiger partial charge in [0.15, 0.2) is 5.84 Å². The first kappa shape index (κ1) is 28.2. The van der Waals surface area contributed by atoms with Gasteiger partial charge in [0.05, 0.1) is 5.70 Å². The summed E-state index contributed by atoms with van der Waals surface area (Å²) in [5.41, 5.74) is 12.7. The lowest BCUT2D eigenvalue weighted by Gasteiger charge is -2.26. The predicted octanol–water partition coefficient (Wildman–Crippen LogP) is 10.8. The van der Waals surface area contributed by atoms with E-state index in [9.17, 15) is 0 Å². The van der Waals surface area contributed by atoms with Gasteiger partial charge < -0.3 is 0 Å². The van der Waals surface area contributed by atoms with Gasteiger partial charge in [0.1, 0.15) is 0 Å². The van der Waals surface area contributed by atoms with Gasteiger partial charge >= 0.3 is 0 Å². The van der Waals surface area contributed by atoms with Crippen LogP contribution in [0.15, 0.2) is 173 Å². The summed E-state index contributed by atoms with van der Waals surface area (Å²) in [6.07, 6.45) is 24.0. The van der Waals surface area contributed by atoms with E-state index in [1.54, 1.807) is 0 Å². The highest BCUT2D eigenvalue weighted by Gasteiger charge is 2.25. The van der Waals surface area contributed by atoms with Crippen LogP contribution < -0.4 is 0 Å². The van der Waals surface area contributed by atoms with E-state index in [-0.39, 0.29) is 0 Å². The minimum atomic E-state index is 0.306. The fourth-order valence-electron chi connectivity index (χ4n) is 7.22. The van der Waals surface area contributed by atoms with Crippen molar-refractivity contribution >= 4 is 28.0 Å². The molecule has 2 unspecified atom stereocenters. The summed E-state index contributed by atoms with van der Waals surface area (Å²) in [5, 5.41) is 2.31. The number of nitrogens with zero attached hydrogens (tertiary/aromatic N) is 2. The molecule has 46 heavy (non-hydrogen) atoms. The van der Waals surface area contributed by atoms with Crippen molar-refractivity contribution in [1.82, 2.24) is 0 Å². The maximum absolute atomic E-state index is 5.32. The van der Waals surface area contributed by atoms with Crippen LogP contribution in [-0.2, 0) is 6.42 Å². The zero-order chi connectivity index (χ0) is 31.0. The maximum Gasteiger partial charge on any atom is 0.160 e. The predicted molar refractivity (Wildman–Crippen MR) is 195 cm³/mol. The van der Waals surface area contributed by atoms with Gasteiger partial charge in [0, 0.05) is 28.7 Å². The van der Waals surface area contributed by atoms with Gasteiger partial charge in [-0.15, -0.1) is 0 Å². The van der Waals surface area contributed by atoms with E-state index in [0.717, 1.165) is 47.1 Å². The molecule has 0 aliphatic heterocycles. The largest absolute Gasteiger partial charge is 0.233 e. The molecule has 0 saturated heterocycles. The number of amidine groups is 1. The van der Waals surface area contributed by atoms with E-state index in [2.05, 4.69) is 153 Å². The number of benzene rings is 4. The highest BCUT2D eigenvalue weighted by atomic mass is 14.9. The van der Waals surface area contributed by atoms with E-state index < -0.39 is 0 Å². The third-order valence-corrected chi connectivity index (χ3v) is 9.60. The molecule has 0 saturated carbocycles. The van der Waals surface area contributed by atoms with Crippen molar-refractivity contribution in [3.05, 3.63) is 185 Å². The Balaban J connectivity index is 1.20. The van der Waals surface area contributed by atoms with E-state index in [1.165, 1.54) is 38.8 Å². The standard InChI is InChI=1S/C44H36N2/c1-29(33-22-23-36-27-34(24-25-35(36)26-33)31-12-4-3-5-13-31)45-44(46-30(2)39-20-10-16-32-14-6-8-18-40(32)39)42-21-11-17-38-28-37-15-7-9-19-41(37)43(38)42/h4,6-27,35-36H,2-3,5,28H2,1H3. The van der Waals surface area contributed by atoms with Gasteiger partial charge in [-0.2, -0.15) is 0 Å². The van der Waals surface area contributed by atoms with Gasteiger partial charge in [-0.25, -0.2) is 9.98 Å². The zero-order valence-corrected chi connectivity index (χ0v) is 26.2. The number of allylic oxidation sites excluding steroid dienone is 12. The lowest BCUT2D eigenvalue weighted by atomic mass is 9.79. The van der Waals surface area contributed by atoms with Gasteiger partial charge in [0.25, 0.3) is 0 Å². The van der Waals surface area contributed by atoms with Crippen LogP contribution >= 0.6 is 0 Å². The number of hydrogen-bond donors (Lipinski definition) is 0. The second kappa shape index (κ2) is 11.9. The summed E-state index contributed by atoms with van der Waals surface area (Å²) in [6, 6.07) is 30.0. The Bertz CT molecular complexity index is 2150. The Morgan fingerprint density at radius 3 is 2.37 bits per heavy atom. The van der Waals surface area contributed by atoms with Gasteiger partial charge in [-0.05, 0) is 75.9 Å². The van der Waals surface area contributed by atoms with Crippen molar-refractivity contribution in [2.75, 3.05) is 0 Å². The number of hydrogen-bond acceptors (Lipinski definition) is 1. The first-order valence-corrected chi connectivity index (χ1v) is 16.3. The molecule has 2 heteroatoms. The van der Waals surface area contributed by atoms with Gasteiger partial charge in [-0.1, -0.05) is 146 Å². The van der Waals surface area contributed by atoms with Crippen molar-refractivity contribution in [3.8, 4) is 11.1 Å². The van der Waals surface area contributed by atoms with Crippen LogP contribution in [0.5, 0.6) is 0 Å². The summed E-state index contributed by atoms with van der Waals surface area (Å²) in [7, 11) is 0. The molecule has 0 amide bonds. The SMILES string of the molecule is C=C(N=C(N=C(C)C1=CC2C=CC(C3=CCCC=C3)=CC2C=C1)c1cccc2c1-c1ccccc1C2)c1cccc2ccccc12.